The van der Waals surface area contributed by atoms with Crippen molar-refractivity contribution in [1.29, 1.82) is 0 Å². The van der Waals surface area contributed by atoms with Crippen LogP contribution in [0.3, 0.4) is 0 Å². The fraction of sp³-hybridized carbons (Fsp3) is 0.438. The number of hydrogen-bond acceptors (Lipinski definition) is 4. The molecule has 3 rings (SSSR count). The predicted molar refractivity (Wildman–Crippen MR) is 92.6 cm³/mol. The van der Waals surface area contributed by atoms with Crippen LogP contribution in [-0.2, 0) is 11.3 Å². The molecule has 1 aromatic heterocycles. The van der Waals surface area contributed by atoms with Crippen molar-refractivity contribution < 1.29 is 4.79 Å². The molecule has 1 N–H and O–H groups in total. The molecular formula is C16H19ClN4OS. The molecule has 7 heteroatoms. The van der Waals surface area contributed by atoms with Crippen LogP contribution in [0.25, 0.3) is 11.4 Å². The molecule has 0 unspecified atom stereocenters. The lowest BCUT2D eigenvalue weighted by molar-refractivity contribution is -0.118. The van der Waals surface area contributed by atoms with Crippen LogP contribution in [0.2, 0.25) is 5.02 Å². The summed E-state index contributed by atoms with van der Waals surface area (Å²) in [6.45, 7) is 2.93. The molecule has 1 fully saturated rings. The van der Waals surface area contributed by atoms with E-state index in [1.807, 2.05) is 24.3 Å². The van der Waals surface area contributed by atoms with Gasteiger partial charge in [-0.3, -0.25) is 4.79 Å². The lowest BCUT2D eigenvalue weighted by atomic mass is 10.2. The van der Waals surface area contributed by atoms with E-state index in [0.717, 1.165) is 42.4 Å². The van der Waals surface area contributed by atoms with Gasteiger partial charge in [0.2, 0.25) is 5.91 Å². The summed E-state index contributed by atoms with van der Waals surface area (Å²) in [6.07, 6.45) is 3.17. The van der Waals surface area contributed by atoms with E-state index in [2.05, 4.69) is 27.0 Å². The Morgan fingerprint density at radius 1 is 1.35 bits per heavy atom. The Hall–Kier alpha value is -1.53. The lowest BCUT2D eigenvalue weighted by Gasteiger charge is -2.09. The maximum atomic E-state index is 11.8. The van der Waals surface area contributed by atoms with Crippen molar-refractivity contribution in [1.82, 2.24) is 20.1 Å². The van der Waals surface area contributed by atoms with Gasteiger partial charge in [-0.15, -0.1) is 10.2 Å². The van der Waals surface area contributed by atoms with E-state index >= 15 is 0 Å². The number of aromatic nitrogens is 3. The van der Waals surface area contributed by atoms with Gasteiger partial charge in [0.1, 0.15) is 0 Å². The molecule has 5 nitrogen and oxygen atoms in total. The van der Waals surface area contributed by atoms with Crippen LogP contribution in [0.15, 0.2) is 29.4 Å². The number of nitrogens with one attached hydrogen (secondary N) is 1. The van der Waals surface area contributed by atoms with Crippen molar-refractivity contribution in [2.75, 3.05) is 5.75 Å². The van der Waals surface area contributed by atoms with Crippen LogP contribution in [0, 0.1) is 0 Å². The molecule has 0 atom stereocenters. The van der Waals surface area contributed by atoms with Gasteiger partial charge in [0.05, 0.1) is 5.75 Å². The van der Waals surface area contributed by atoms with Gasteiger partial charge in [0.25, 0.3) is 0 Å². The fourth-order valence-electron chi connectivity index (χ4n) is 2.26. The van der Waals surface area contributed by atoms with Crippen molar-refractivity contribution in [2.45, 2.75) is 43.9 Å². The predicted octanol–water partition coefficient (Wildman–Crippen LogP) is 3.38. The molecule has 2 aromatic rings. The van der Waals surface area contributed by atoms with Gasteiger partial charge in [0.15, 0.2) is 11.0 Å². The van der Waals surface area contributed by atoms with Crippen molar-refractivity contribution in [3.8, 4) is 11.4 Å². The number of rotatable bonds is 7. The second-order valence-electron chi connectivity index (χ2n) is 5.60. The van der Waals surface area contributed by atoms with Crippen LogP contribution in [0.4, 0.5) is 0 Å². The molecule has 23 heavy (non-hydrogen) atoms. The Kier molecular flexibility index (Phi) is 5.23. The number of benzene rings is 1. The molecule has 1 saturated carbocycles. The summed E-state index contributed by atoms with van der Waals surface area (Å²) < 4.78 is 2.07. The van der Waals surface area contributed by atoms with Crippen LogP contribution in [-0.4, -0.2) is 32.5 Å². The standard InChI is InChI=1S/C16H19ClN4OS/c1-2-9-21-15(11-3-5-12(17)6-4-11)19-20-16(21)23-10-14(22)18-13-7-8-13/h3-6,13H,2,7-10H2,1H3,(H,18,22). The first kappa shape index (κ1) is 16.3. The Balaban J connectivity index is 1.74. The molecule has 0 bridgehead atoms. The third kappa shape index (κ3) is 4.26. The van der Waals surface area contributed by atoms with Gasteiger partial charge in [-0.05, 0) is 43.5 Å². The van der Waals surface area contributed by atoms with Gasteiger partial charge in [0, 0.05) is 23.2 Å². The third-order valence-electron chi connectivity index (χ3n) is 3.54. The number of carbonyl (C=O) groups excluding carboxylic acids is 1. The van der Waals surface area contributed by atoms with Crippen molar-refractivity contribution in [2.24, 2.45) is 0 Å². The first-order valence-corrected chi connectivity index (χ1v) is 9.15. The highest BCUT2D eigenvalue weighted by Gasteiger charge is 2.23. The minimum atomic E-state index is 0.0663. The summed E-state index contributed by atoms with van der Waals surface area (Å²) in [5, 5.41) is 13.0. The van der Waals surface area contributed by atoms with Crippen LogP contribution in [0.1, 0.15) is 26.2 Å². The van der Waals surface area contributed by atoms with E-state index in [0.29, 0.717) is 16.8 Å². The molecule has 0 saturated heterocycles. The number of nitrogens with zero attached hydrogens (tertiary/aromatic N) is 3. The molecule has 1 aliphatic rings. The fourth-order valence-corrected chi connectivity index (χ4v) is 3.16. The Bertz CT molecular complexity index is 682. The monoisotopic (exact) mass is 350 g/mol. The zero-order valence-corrected chi connectivity index (χ0v) is 14.5. The van der Waals surface area contributed by atoms with Gasteiger partial charge in [-0.25, -0.2) is 0 Å². The second kappa shape index (κ2) is 7.36. The SMILES string of the molecule is CCCn1c(SCC(=O)NC2CC2)nnc1-c1ccc(Cl)cc1. The highest BCUT2D eigenvalue weighted by atomic mass is 35.5. The van der Waals surface area contributed by atoms with Crippen molar-refractivity contribution in [3.05, 3.63) is 29.3 Å². The zero-order valence-electron chi connectivity index (χ0n) is 13.0. The summed E-state index contributed by atoms with van der Waals surface area (Å²) >= 11 is 7.38. The topological polar surface area (TPSA) is 59.8 Å². The van der Waals surface area contributed by atoms with Gasteiger partial charge >= 0.3 is 0 Å². The number of thioether (sulfide) groups is 1. The van der Waals surface area contributed by atoms with E-state index in [1.54, 1.807) is 0 Å². The highest BCUT2D eigenvalue weighted by Crippen LogP contribution is 2.26. The second-order valence-corrected chi connectivity index (χ2v) is 6.97. The summed E-state index contributed by atoms with van der Waals surface area (Å²) in [6, 6.07) is 7.95. The molecule has 1 aliphatic carbocycles. The molecule has 0 radical (unpaired) electrons. The molecule has 1 heterocycles. The third-order valence-corrected chi connectivity index (χ3v) is 4.76. The summed E-state index contributed by atoms with van der Waals surface area (Å²) in [4.78, 5) is 11.8. The van der Waals surface area contributed by atoms with Crippen LogP contribution in [0.5, 0.6) is 0 Å². The normalized spacial score (nSPS) is 14.0. The van der Waals surface area contributed by atoms with Crippen LogP contribution >= 0.6 is 23.4 Å². The minimum Gasteiger partial charge on any atom is -0.353 e. The summed E-state index contributed by atoms with van der Waals surface area (Å²) in [5.41, 5.74) is 0.977. The smallest absolute Gasteiger partial charge is 0.230 e. The maximum Gasteiger partial charge on any atom is 0.230 e. The first-order chi connectivity index (χ1) is 11.2. The molecule has 1 amide bonds. The Morgan fingerprint density at radius 3 is 2.74 bits per heavy atom. The van der Waals surface area contributed by atoms with E-state index < -0.39 is 0 Å². The highest BCUT2D eigenvalue weighted by molar-refractivity contribution is 7.99. The van der Waals surface area contributed by atoms with E-state index in [4.69, 9.17) is 11.6 Å². The molecule has 0 spiro atoms. The quantitative estimate of drug-likeness (QED) is 0.778. The lowest BCUT2D eigenvalue weighted by Crippen LogP contribution is -2.27. The van der Waals surface area contributed by atoms with Gasteiger partial charge in [-0.1, -0.05) is 30.3 Å². The number of hydrogen-bond donors (Lipinski definition) is 1. The molecule has 122 valence electrons. The number of amides is 1. The maximum absolute atomic E-state index is 11.8. The summed E-state index contributed by atoms with van der Waals surface area (Å²) in [5.74, 6) is 1.25. The van der Waals surface area contributed by atoms with E-state index in [-0.39, 0.29) is 5.91 Å². The van der Waals surface area contributed by atoms with Gasteiger partial charge in [-0.2, -0.15) is 0 Å². The number of carbonyl (C=O) groups is 1. The Labute approximate surface area is 144 Å². The summed E-state index contributed by atoms with van der Waals surface area (Å²) in [7, 11) is 0. The Morgan fingerprint density at radius 2 is 2.09 bits per heavy atom. The molecule has 0 aliphatic heterocycles. The largest absolute Gasteiger partial charge is 0.353 e. The minimum absolute atomic E-state index is 0.0663. The van der Waals surface area contributed by atoms with E-state index in [1.165, 1.54) is 11.8 Å². The average molecular weight is 351 g/mol. The van der Waals surface area contributed by atoms with Crippen LogP contribution < -0.4 is 5.32 Å². The molecular weight excluding hydrogens is 332 g/mol. The zero-order chi connectivity index (χ0) is 16.2. The van der Waals surface area contributed by atoms with Gasteiger partial charge < -0.3 is 9.88 Å². The van der Waals surface area contributed by atoms with Crippen molar-refractivity contribution >= 4 is 29.3 Å². The van der Waals surface area contributed by atoms with Crippen molar-refractivity contribution in [3.63, 3.8) is 0 Å². The molecule has 1 aromatic carbocycles. The number of halogens is 1. The first-order valence-electron chi connectivity index (χ1n) is 7.78. The van der Waals surface area contributed by atoms with E-state index in [9.17, 15) is 4.79 Å². The average Bonchev–Trinajstić information content (AvgIpc) is 3.26.